The van der Waals surface area contributed by atoms with Crippen LogP contribution >= 0.6 is 0 Å². The van der Waals surface area contributed by atoms with Crippen molar-refractivity contribution in [2.75, 3.05) is 11.5 Å². The van der Waals surface area contributed by atoms with Crippen LogP contribution in [0.25, 0.3) is 0 Å². The number of nitrogens with two attached hydrogens (primary N) is 2. The van der Waals surface area contributed by atoms with E-state index in [9.17, 15) is 13.2 Å². The van der Waals surface area contributed by atoms with E-state index in [1.807, 2.05) is 0 Å². The van der Waals surface area contributed by atoms with E-state index in [1.54, 1.807) is 12.1 Å². The number of hydrogen-bond acceptors (Lipinski definition) is 3. The van der Waals surface area contributed by atoms with Crippen molar-refractivity contribution in [2.24, 2.45) is 0 Å². The molecule has 0 fully saturated rings. The molecule has 0 saturated heterocycles. The summed E-state index contributed by atoms with van der Waals surface area (Å²) in [4.78, 5) is 0. The highest BCUT2D eigenvalue weighted by atomic mass is 19.4. The number of alkyl halides is 3. The van der Waals surface area contributed by atoms with Crippen LogP contribution in [-0.4, -0.2) is 0 Å². The minimum atomic E-state index is -4.53. The van der Waals surface area contributed by atoms with Gasteiger partial charge in [0.25, 0.3) is 0 Å². The summed E-state index contributed by atoms with van der Waals surface area (Å²) >= 11 is 0. The van der Waals surface area contributed by atoms with Gasteiger partial charge in [-0.25, -0.2) is 0 Å². The van der Waals surface area contributed by atoms with Gasteiger partial charge in [-0.15, -0.1) is 0 Å². The SMILES string of the molecule is Nc1ccc(Oc2ccc(N)cc2C(F)(F)F)cc1. The van der Waals surface area contributed by atoms with Crippen molar-refractivity contribution in [2.45, 2.75) is 6.18 Å². The summed E-state index contributed by atoms with van der Waals surface area (Å²) in [6, 6.07) is 9.44. The van der Waals surface area contributed by atoms with Gasteiger partial charge in [0.2, 0.25) is 0 Å². The molecule has 0 spiro atoms. The smallest absolute Gasteiger partial charge is 0.420 e. The summed E-state index contributed by atoms with van der Waals surface area (Å²) in [5.74, 6) is -0.0315. The topological polar surface area (TPSA) is 61.3 Å². The molecule has 3 nitrogen and oxygen atoms in total. The average molecular weight is 268 g/mol. The van der Waals surface area contributed by atoms with E-state index in [0.717, 1.165) is 6.07 Å². The van der Waals surface area contributed by atoms with Crippen molar-refractivity contribution in [3.05, 3.63) is 48.0 Å². The van der Waals surface area contributed by atoms with Gasteiger partial charge in [0.05, 0.1) is 0 Å². The Morgan fingerprint density at radius 1 is 0.842 bits per heavy atom. The first-order valence-corrected chi connectivity index (χ1v) is 5.36. The standard InChI is InChI=1S/C13H11F3N2O/c14-13(15,16)11-7-9(18)3-6-12(11)19-10-4-1-8(17)2-5-10/h1-7H,17-18H2. The fraction of sp³-hybridized carbons (Fsp3) is 0.0769. The first kappa shape index (κ1) is 13.1. The summed E-state index contributed by atoms with van der Waals surface area (Å²) in [7, 11) is 0. The van der Waals surface area contributed by atoms with Gasteiger partial charge in [0, 0.05) is 11.4 Å². The van der Waals surface area contributed by atoms with Gasteiger partial charge >= 0.3 is 6.18 Å². The Balaban J connectivity index is 2.37. The molecule has 4 N–H and O–H groups in total. The van der Waals surface area contributed by atoms with E-state index in [2.05, 4.69) is 0 Å². The molecule has 0 unspecified atom stereocenters. The normalized spacial score (nSPS) is 11.3. The first-order chi connectivity index (χ1) is 8.86. The molecular formula is C13H11F3N2O. The maximum absolute atomic E-state index is 12.8. The Morgan fingerprint density at radius 2 is 1.42 bits per heavy atom. The summed E-state index contributed by atoms with van der Waals surface area (Å²) in [5.41, 5.74) is 10.5. The molecule has 0 saturated carbocycles. The van der Waals surface area contributed by atoms with Gasteiger partial charge in [-0.3, -0.25) is 0 Å². The maximum atomic E-state index is 12.8. The van der Waals surface area contributed by atoms with Crippen LogP contribution in [0, 0.1) is 0 Å². The van der Waals surface area contributed by atoms with Crippen molar-refractivity contribution in [3.63, 3.8) is 0 Å². The Bertz CT molecular complexity index is 579. The first-order valence-electron chi connectivity index (χ1n) is 5.36. The minimum Gasteiger partial charge on any atom is -0.457 e. The molecule has 0 radical (unpaired) electrons. The van der Waals surface area contributed by atoms with E-state index in [4.69, 9.17) is 16.2 Å². The van der Waals surface area contributed by atoms with Gasteiger partial charge in [0.1, 0.15) is 17.1 Å². The highest BCUT2D eigenvalue weighted by Crippen LogP contribution is 2.39. The van der Waals surface area contributed by atoms with Gasteiger partial charge in [-0.1, -0.05) is 0 Å². The maximum Gasteiger partial charge on any atom is 0.420 e. The summed E-state index contributed by atoms with van der Waals surface area (Å²) in [6.45, 7) is 0. The highest BCUT2D eigenvalue weighted by molar-refractivity contribution is 5.51. The Morgan fingerprint density at radius 3 is 2.00 bits per heavy atom. The summed E-state index contributed by atoms with van der Waals surface area (Å²) in [5, 5.41) is 0. The van der Waals surface area contributed by atoms with Crippen LogP contribution in [-0.2, 0) is 6.18 Å². The van der Waals surface area contributed by atoms with Crippen LogP contribution in [0.5, 0.6) is 11.5 Å². The summed E-state index contributed by atoms with van der Waals surface area (Å²) in [6.07, 6.45) is -4.53. The lowest BCUT2D eigenvalue weighted by atomic mass is 10.1. The third kappa shape index (κ3) is 3.09. The fourth-order valence-electron chi connectivity index (χ4n) is 1.52. The van der Waals surface area contributed by atoms with Crippen molar-refractivity contribution >= 4 is 11.4 Å². The Kier molecular flexibility index (Phi) is 3.25. The van der Waals surface area contributed by atoms with Gasteiger partial charge in [-0.05, 0) is 42.5 Å². The Hall–Kier alpha value is -2.37. The molecule has 0 aromatic heterocycles. The van der Waals surface area contributed by atoms with Crippen molar-refractivity contribution in [3.8, 4) is 11.5 Å². The Labute approximate surface area is 107 Å². The van der Waals surface area contributed by atoms with Crippen LogP contribution in [0.3, 0.4) is 0 Å². The molecule has 2 rings (SSSR count). The third-order valence-corrected chi connectivity index (χ3v) is 2.42. The van der Waals surface area contributed by atoms with E-state index in [1.165, 1.54) is 24.3 Å². The second-order valence-electron chi connectivity index (χ2n) is 3.92. The highest BCUT2D eigenvalue weighted by Gasteiger charge is 2.34. The zero-order chi connectivity index (χ0) is 14.0. The molecule has 2 aromatic carbocycles. The van der Waals surface area contributed by atoms with E-state index < -0.39 is 11.7 Å². The van der Waals surface area contributed by atoms with Crippen molar-refractivity contribution in [1.29, 1.82) is 0 Å². The number of benzene rings is 2. The predicted octanol–water partition coefficient (Wildman–Crippen LogP) is 3.66. The third-order valence-electron chi connectivity index (χ3n) is 2.42. The molecule has 2 aromatic rings. The largest absolute Gasteiger partial charge is 0.457 e. The molecular weight excluding hydrogens is 257 g/mol. The molecule has 0 heterocycles. The zero-order valence-electron chi connectivity index (χ0n) is 9.74. The molecule has 0 bridgehead atoms. The average Bonchev–Trinajstić information content (AvgIpc) is 2.33. The number of hydrogen-bond donors (Lipinski definition) is 2. The molecule has 19 heavy (non-hydrogen) atoms. The van der Waals surface area contributed by atoms with Crippen molar-refractivity contribution in [1.82, 2.24) is 0 Å². The minimum absolute atomic E-state index is 0.0250. The van der Waals surface area contributed by atoms with Crippen LogP contribution in [0.4, 0.5) is 24.5 Å². The number of halogens is 3. The molecule has 100 valence electrons. The van der Waals surface area contributed by atoms with Crippen LogP contribution in [0.15, 0.2) is 42.5 Å². The number of nitrogen functional groups attached to an aromatic ring is 2. The second kappa shape index (κ2) is 4.72. The molecule has 0 aliphatic rings. The molecule has 0 aliphatic carbocycles. The van der Waals surface area contributed by atoms with E-state index in [0.29, 0.717) is 5.69 Å². The van der Waals surface area contributed by atoms with Gasteiger partial charge < -0.3 is 16.2 Å². The van der Waals surface area contributed by atoms with Crippen molar-refractivity contribution < 1.29 is 17.9 Å². The molecule has 6 heteroatoms. The van der Waals surface area contributed by atoms with Crippen LogP contribution in [0.1, 0.15) is 5.56 Å². The van der Waals surface area contributed by atoms with Crippen LogP contribution < -0.4 is 16.2 Å². The lowest BCUT2D eigenvalue weighted by Gasteiger charge is -2.14. The van der Waals surface area contributed by atoms with Gasteiger partial charge in [0.15, 0.2) is 0 Å². The van der Waals surface area contributed by atoms with Gasteiger partial charge in [-0.2, -0.15) is 13.2 Å². The molecule has 0 atom stereocenters. The lowest BCUT2D eigenvalue weighted by molar-refractivity contribution is -0.138. The summed E-state index contributed by atoms with van der Waals surface area (Å²) < 4.78 is 43.7. The number of ether oxygens (including phenoxy) is 1. The lowest BCUT2D eigenvalue weighted by Crippen LogP contribution is -2.08. The fourth-order valence-corrected chi connectivity index (χ4v) is 1.52. The predicted molar refractivity (Wildman–Crippen MR) is 66.8 cm³/mol. The van der Waals surface area contributed by atoms with E-state index >= 15 is 0 Å². The quantitative estimate of drug-likeness (QED) is 0.817. The van der Waals surface area contributed by atoms with E-state index in [-0.39, 0.29) is 17.2 Å². The monoisotopic (exact) mass is 268 g/mol. The number of rotatable bonds is 2. The second-order valence-corrected chi connectivity index (χ2v) is 3.92. The molecule has 0 amide bonds. The molecule has 0 aliphatic heterocycles. The van der Waals surface area contributed by atoms with Crippen LogP contribution in [0.2, 0.25) is 0 Å². The number of anilines is 2. The zero-order valence-corrected chi connectivity index (χ0v) is 9.74.